The van der Waals surface area contributed by atoms with Gasteiger partial charge in [0.1, 0.15) is 12.2 Å². The second-order valence-corrected chi connectivity index (χ2v) is 8.07. The molecule has 0 fully saturated rings. The first-order valence-electron chi connectivity index (χ1n) is 10.8. The summed E-state index contributed by atoms with van der Waals surface area (Å²) >= 11 is 0. The molecule has 0 radical (unpaired) electrons. The number of nitrogens with two attached hydrogens (primary N) is 1. The molecular weight excluding hydrogens is 404 g/mol. The van der Waals surface area contributed by atoms with Crippen molar-refractivity contribution in [2.45, 2.75) is 25.3 Å². The molecule has 4 rings (SSSR count). The Kier molecular flexibility index (Phi) is 6.49. The van der Waals surface area contributed by atoms with Gasteiger partial charge < -0.3 is 21.7 Å². The molecule has 1 aliphatic heterocycles. The lowest BCUT2D eigenvalue weighted by atomic mass is 9.86. The molecule has 8 nitrogen and oxygen atoms in total. The van der Waals surface area contributed by atoms with E-state index in [1.54, 1.807) is 6.08 Å². The van der Waals surface area contributed by atoms with Gasteiger partial charge in [0.2, 0.25) is 11.8 Å². The second kappa shape index (κ2) is 9.64. The summed E-state index contributed by atoms with van der Waals surface area (Å²) in [6.07, 6.45) is 19.4. The zero-order chi connectivity index (χ0) is 22.5. The molecule has 1 heterocycles. The quantitative estimate of drug-likeness (QED) is 0.507. The molecule has 0 aromatic carbocycles. The summed E-state index contributed by atoms with van der Waals surface area (Å²) in [5, 5.41) is 9.52. The van der Waals surface area contributed by atoms with Crippen molar-refractivity contribution in [2.75, 3.05) is 13.6 Å². The van der Waals surface area contributed by atoms with Crippen LogP contribution in [0.2, 0.25) is 0 Å². The Morgan fingerprint density at radius 2 is 2.09 bits per heavy atom. The van der Waals surface area contributed by atoms with Gasteiger partial charge >= 0.3 is 0 Å². The van der Waals surface area contributed by atoms with Gasteiger partial charge in [0.15, 0.2) is 0 Å². The lowest BCUT2D eigenvalue weighted by Gasteiger charge is -2.29. The topological polar surface area (TPSA) is 121 Å². The van der Waals surface area contributed by atoms with E-state index in [0.717, 1.165) is 30.1 Å². The third-order valence-corrected chi connectivity index (χ3v) is 5.96. The van der Waals surface area contributed by atoms with Crippen LogP contribution in [0.1, 0.15) is 19.3 Å². The van der Waals surface area contributed by atoms with Crippen molar-refractivity contribution in [1.29, 1.82) is 0 Å². The number of carbonyl (C=O) groups is 2. The fraction of sp³-hybridized carbons (Fsp3) is 0.333. The Morgan fingerprint density at radius 1 is 1.22 bits per heavy atom. The molecule has 0 aromatic rings. The number of aliphatic imine (C=N–C) groups is 2. The molecular formula is C24H28N6O2. The molecule has 0 saturated heterocycles. The van der Waals surface area contributed by atoms with E-state index in [2.05, 4.69) is 32.0 Å². The maximum atomic E-state index is 12.6. The van der Waals surface area contributed by atoms with Crippen LogP contribution in [0.25, 0.3) is 0 Å². The van der Waals surface area contributed by atoms with E-state index >= 15 is 0 Å². The van der Waals surface area contributed by atoms with Gasteiger partial charge in [-0.15, -0.1) is 0 Å². The lowest BCUT2D eigenvalue weighted by Crippen LogP contribution is -2.42. The number of amides is 2. The van der Waals surface area contributed by atoms with Crippen LogP contribution in [0.5, 0.6) is 0 Å². The van der Waals surface area contributed by atoms with Gasteiger partial charge in [-0.05, 0) is 37.0 Å². The molecule has 0 aromatic heterocycles. The van der Waals surface area contributed by atoms with Crippen molar-refractivity contribution in [1.82, 2.24) is 16.0 Å². The molecule has 3 unspecified atom stereocenters. The van der Waals surface area contributed by atoms with E-state index in [1.807, 2.05) is 43.5 Å². The van der Waals surface area contributed by atoms with Crippen LogP contribution in [-0.2, 0) is 9.59 Å². The van der Waals surface area contributed by atoms with Crippen LogP contribution in [0.4, 0.5) is 0 Å². The van der Waals surface area contributed by atoms with E-state index in [9.17, 15) is 9.59 Å². The summed E-state index contributed by atoms with van der Waals surface area (Å²) in [4.78, 5) is 33.1. The van der Waals surface area contributed by atoms with E-state index in [1.165, 1.54) is 11.9 Å². The van der Waals surface area contributed by atoms with Gasteiger partial charge in [0, 0.05) is 30.6 Å². The number of likely N-dealkylation sites (N-methyl/N-ethyl adjacent to an activating group) is 1. The highest BCUT2D eigenvalue weighted by molar-refractivity contribution is 6.00. The standard InChI is InChI=1S/C24H28N6O2/c1-26-17-10-8-16(9-11-17)24(32)30-18-5-2-4-15(12-18)13-27-23-20-7-3-6-19(22(25)31)21(20)28-14-29-23/h3,5-8,10-12,14,16,20-21,26H,2,4,9,13H2,1H3,(H2,25,31)(H,30,32)(H,27,28,29). The summed E-state index contributed by atoms with van der Waals surface area (Å²) in [6.45, 7) is 0.601. The Hall–Kier alpha value is -3.68. The first-order chi connectivity index (χ1) is 15.5. The van der Waals surface area contributed by atoms with Crippen LogP contribution in [-0.4, -0.2) is 43.6 Å². The van der Waals surface area contributed by atoms with Crippen molar-refractivity contribution in [2.24, 2.45) is 27.6 Å². The summed E-state index contributed by atoms with van der Waals surface area (Å²) in [5.41, 5.74) is 9.02. The average molecular weight is 433 g/mol. The lowest BCUT2D eigenvalue weighted by molar-refractivity contribution is -0.122. The summed E-state index contributed by atoms with van der Waals surface area (Å²) in [7, 11) is 1.87. The van der Waals surface area contributed by atoms with Crippen LogP contribution in [0.15, 0.2) is 81.1 Å². The third kappa shape index (κ3) is 4.80. The molecule has 4 aliphatic rings. The number of carbonyl (C=O) groups excluding carboxylic acids is 2. The molecule has 2 amide bonds. The fourth-order valence-electron chi connectivity index (χ4n) is 4.16. The van der Waals surface area contributed by atoms with Gasteiger partial charge in [-0.3, -0.25) is 14.6 Å². The van der Waals surface area contributed by atoms with Crippen LogP contribution in [0, 0.1) is 11.8 Å². The molecule has 8 heteroatoms. The van der Waals surface area contributed by atoms with Crippen molar-refractivity contribution in [3.8, 4) is 0 Å². The molecule has 32 heavy (non-hydrogen) atoms. The predicted molar refractivity (Wildman–Crippen MR) is 126 cm³/mol. The minimum absolute atomic E-state index is 0.00168. The number of allylic oxidation sites excluding steroid dienone is 6. The summed E-state index contributed by atoms with van der Waals surface area (Å²) in [6, 6.07) is -0.339. The van der Waals surface area contributed by atoms with Gasteiger partial charge in [0.05, 0.1) is 17.9 Å². The van der Waals surface area contributed by atoms with E-state index in [4.69, 9.17) is 5.73 Å². The van der Waals surface area contributed by atoms with Crippen molar-refractivity contribution in [3.05, 3.63) is 71.1 Å². The maximum Gasteiger partial charge on any atom is 0.246 e. The number of fused-ring (bicyclic) bond motifs is 1. The Balaban J connectivity index is 1.34. The predicted octanol–water partition coefficient (Wildman–Crippen LogP) is 1.38. The largest absolute Gasteiger partial charge is 0.388 e. The molecule has 3 aliphatic carbocycles. The van der Waals surface area contributed by atoms with Crippen molar-refractivity contribution >= 4 is 24.0 Å². The molecule has 0 spiro atoms. The number of hydrogen-bond donors (Lipinski definition) is 4. The number of rotatable bonds is 6. The molecule has 5 N–H and O–H groups in total. The van der Waals surface area contributed by atoms with Gasteiger partial charge in [-0.25, -0.2) is 4.99 Å². The van der Waals surface area contributed by atoms with Crippen LogP contribution in [0.3, 0.4) is 0 Å². The monoisotopic (exact) mass is 432 g/mol. The number of nitrogens with one attached hydrogen (secondary N) is 3. The van der Waals surface area contributed by atoms with Crippen LogP contribution >= 0.6 is 0 Å². The maximum absolute atomic E-state index is 12.6. The highest BCUT2D eigenvalue weighted by Crippen LogP contribution is 2.26. The number of nitrogens with zero attached hydrogens (tertiary/aromatic N) is 2. The zero-order valence-electron chi connectivity index (χ0n) is 18.0. The third-order valence-electron chi connectivity index (χ3n) is 5.96. The highest BCUT2D eigenvalue weighted by Gasteiger charge is 2.33. The average Bonchev–Trinajstić information content (AvgIpc) is 2.82. The van der Waals surface area contributed by atoms with Crippen LogP contribution < -0.4 is 21.7 Å². The smallest absolute Gasteiger partial charge is 0.246 e. The first kappa shape index (κ1) is 21.5. The number of amidine groups is 1. The molecule has 166 valence electrons. The van der Waals surface area contributed by atoms with Gasteiger partial charge in [0.25, 0.3) is 0 Å². The zero-order valence-corrected chi connectivity index (χ0v) is 18.0. The van der Waals surface area contributed by atoms with E-state index in [0.29, 0.717) is 18.5 Å². The SMILES string of the molecule is CNC1=CCC(C(=O)NC2=CCCC(CNC3=NC=NC4C(C(N)=O)=CC=CC34)=C2)C=C1. The number of hydrogen-bond acceptors (Lipinski definition) is 6. The summed E-state index contributed by atoms with van der Waals surface area (Å²) < 4.78 is 0. The second-order valence-electron chi connectivity index (χ2n) is 8.07. The van der Waals surface area contributed by atoms with Crippen molar-refractivity contribution < 1.29 is 9.59 Å². The molecule has 0 saturated carbocycles. The normalized spacial score (nSPS) is 26.0. The molecule has 3 atom stereocenters. The van der Waals surface area contributed by atoms with E-state index < -0.39 is 5.91 Å². The van der Waals surface area contributed by atoms with Gasteiger partial charge in [-0.2, -0.15) is 0 Å². The van der Waals surface area contributed by atoms with Gasteiger partial charge in [-0.1, -0.05) is 36.5 Å². The Bertz CT molecular complexity index is 1040. The van der Waals surface area contributed by atoms with Crippen molar-refractivity contribution in [3.63, 3.8) is 0 Å². The minimum Gasteiger partial charge on any atom is -0.388 e. The fourth-order valence-corrected chi connectivity index (χ4v) is 4.16. The highest BCUT2D eigenvalue weighted by atomic mass is 16.2. The molecule has 0 bridgehead atoms. The number of primary amides is 1. The first-order valence-corrected chi connectivity index (χ1v) is 10.8. The minimum atomic E-state index is -0.464. The van der Waals surface area contributed by atoms with E-state index in [-0.39, 0.29) is 23.8 Å². The summed E-state index contributed by atoms with van der Waals surface area (Å²) in [5.74, 6) is -0.0103. The Morgan fingerprint density at radius 3 is 2.84 bits per heavy atom. The Labute approximate surface area is 187 Å².